The number of hydrogen-bond donors (Lipinski definition) is 1. The molecule has 0 aliphatic rings. The zero-order valence-corrected chi connectivity index (χ0v) is 12.0. The van der Waals surface area contributed by atoms with Gasteiger partial charge in [-0.2, -0.15) is 0 Å². The van der Waals surface area contributed by atoms with Gasteiger partial charge in [-0.05, 0) is 36.8 Å². The maximum Gasteiger partial charge on any atom is 0.197 e. The third kappa shape index (κ3) is 2.10. The number of aromatic nitrogens is 1. The summed E-state index contributed by atoms with van der Waals surface area (Å²) in [4.78, 5) is 15.9. The molecule has 0 amide bonds. The largest absolute Gasteiger partial charge is 0.358 e. The second kappa shape index (κ2) is 4.67. The summed E-state index contributed by atoms with van der Waals surface area (Å²) in [6, 6.07) is 15.4. The molecule has 3 heteroatoms. The van der Waals surface area contributed by atoms with Crippen LogP contribution in [-0.4, -0.2) is 4.98 Å². The second-order valence-electron chi connectivity index (χ2n) is 4.51. The monoisotopic (exact) mass is 313 g/mol. The fraction of sp³-hybridized carbons (Fsp3) is 0.0625. The van der Waals surface area contributed by atoms with Crippen LogP contribution in [0.5, 0.6) is 0 Å². The van der Waals surface area contributed by atoms with Gasteiger partial charge >= 0.3 is 0 Å². The molecule has 0 bridgehead atoms. The molecule has 0 aliphatic heterocycles. The third-order valence-electron chi connectivity index (χ3n) is 3.23. The summed E-state index contributed by atoms with van der Waals surface area (Å²) in [7, 11) is 0. The van der Waals surface area contributed by atoms with Crippen LogP contribution >= 0.6 is 15.9 Å². The van der Waals surface area contributed by atoms with E-state index in [1.165, 1.54) is 0 Å². The predicted octanol–water partition coefficient (Wildman–Crippen LogP) is 4.27. The SMILES string of the molecule is Cc1[nH]c2ccccc2c(=O)c1-c1ccc(Br)cc1. The average molecular weight is 314 g/mol. The van der Waals surface area contributed by atoms with Crippen LogP contribution in [0, 0.1) is 6.92 Å². The van der Waals surface area contributed by atoms with E-state index in [9.17, 15) is 4.79 Å². The van der Waals surface area contributed by atoms with Gasteiger partial charge in [0, 0.05) is 26.6 Å². The summed E-state index contributed by atoms with van der Waals surface area (Å²) in [6.45, 7) is 1.94. The molecule has 0 aliphatic carbocycles. The summed E-state index contributed by atoms with van der Waals surface area (Å²) in [5.41, 5.74) is 3.53. The maximum atomic E-state index is 12.6. The van der Waals surface area contributed by atoms with E-state index in [0.29, 0.717) is 0 Å². The summed E-state index contributed by atoms with van der Waals surface area (Å²) in [5.74, 6) is 0. The van der Waals surface area contributed by atoms with Crippen LogP contribution in [0.4, 0.5) is 0 Å². The minimum Gasteiger partial charge on any atom is -0.358 e. The van der Waals surface area contributed by atoms with Crippen molar-refractivity contribution < 1.29 is 0 Å². The van der Waals surface area contributed by atoms with Crippen LogP contribution < -0.4 is 5.43 Å². The Hall–Kier alpha value is -1.87. The Kier molecular flexibility index (Phi) is 2.99. The lowest BCUT2D eigenvalue weighted by molar-refractivity contribution is 1.24. The highest BCUT2D eigenvalue weighted by molar-refractivity contribution is 9.10. The Balaban J connectivity index is 2.35. The van der Waals surface area contributed by atoms with Gasteiger partial charge in [0.05, 0.1) is 0 Å². The number of pyridine rings is 1. The molecule has 0 radical (unpaired) electrons. The highest BCUT2D eigenvalue weighted by Crippen LogP contribution is 2.23. The van der Waals surface area contributed by atoms with Gasteiger partial charge in [0.15, 0.2) is 5.43 Å². The van der Waals surface area contributed by atoms with Crippen molar-refractivity contribution in [2.24, 2.45) is 0 Å². The quantitative estimate of drug-likeness (QED) is 0.715. The van der Waals surface area contributed by atoms with Crippen LogP contribution in [0.15, 0.2) is 57.8 Å². The van der Waals surface area contributed by atoms with Crippen molar-refractivity contribution in [3.8, 4) is 11.1 Å². The zero-order valence-electron chi connectivity index (χ0n) is 10.4. The molecule has 3 rings (SSSR count). The molecule has 94 valence electrons. The predicted molar refractivity (Wildman–Crippen MR) is 82.4 cm³/mol. The first kappa shape index (κ1) is 12.2. The highest BCUT2D eigenvalue weighted by atomic mass is 79.9. The lowest BCUT2D eigenvalue weighted by Gasteiger charge is -2.08. The highest BCUT2D eigenvalue weighted by Gasteiger charge is 2.10. The molecule has 0 spiro atoms. The number of aryl methyl sites for hydroxylation is 1. The van der Waals surface area contributed by atoms with Gasteiger partial charge in [-0.15, -0.1) is 0 Å². The first-order valence-corrected chi connectivity index (χ1v) is 6.83. The van der Waals surface area contributed by atoms with Gasteiger partial charge in [0.25, 0.3) is 0 Å². The van der Waals surface area contributed by atoms with Gasteiger partial charge < -0.3 is 4.98 Å². The fourth-order valence-corrected chi connectivity index (χ4v) is 2.59. The standard InChI is InChI=1S/C16H12BrNO/c1-10-15(11-6-8-12(17)9-7-11)16(19)13-4-2-3-5-14(13)18-10/h2-9H,1H3,(H,18,19). The Labute approximate surface area is 119 Å². The minimum absolute atomic E-state index is 0.0779. The van der Waals surface area contributed by atoms with Crippen molar-refractivity contribution in [3.05, 3.63) is 68.9 Å². The number of aromatic amines is 1. The molecule has 3 aromatic rings. The van der Waals surface area contributed by atoms with Crippen molar-refractivity contribution in [1.29, 1.82) is 0 Å². The van der Waals surface area contributed by atoms with E-state index in [0.717, 1.165) is 32.2 Å². The van der Waals surface area contributed by atoms with Gasteiger partial charge in [-0.1, -0.05) is 40.2 Å². The molecule has 0 unspecified atom stereocenters. The van der Waals surface area contributed by atoms with E-state index in [1.807, 2.05) is 55.5 Å². The van der Waals surface area contributed by atoms with Gasteiger partial charge in [0.1, 0.15) is 0 Å². The summed E-state index contributed by atoms with van der Waals surface area (Å²) < 4.78 is 1.01. The zero-order chi connectivity index (χ0) is 13.4. The molecular weight excluding hydrogens is 302 g/mol. The molecule has 0 fully saturated rings. The van der Waals surface area contributed by atoms with Crippen LogP contribution in [0.3, 0.4) is 0 Å². The lowest BCUT2D eigenvalue weighted by atomic mass is 10.0. The minimum atomic E-state index is 0.0779. The Morgan fingerprint density at radius 1 is 1.00 bits per heavy atom. The number of para-hydroxylation sites is 1. The topological polar surface area (TPSA) is 32.9 Å². The molecule has 0 saturated heterocycles. The Morgan fingerprint density at radius 3 is 2.42 bits per heavy atom. The van der Waals surface area contributed by atoms with Gasteiger partial charge in [0.2, 0.25) is 0 Å². The number of hydrogen-bond acceptors (Lipinski definition) is 1. The van der Waals surface area contributed by atoms with E-state index in [1.54, 1.807) is 0 Å². The van der Waals surface area contributed by atoms with Crippen LogP contribution in [0.2, 0.25) is 0 Å². The van der Waals surface area contributed by atoms with E-state index in [-0.39, 0.29) is 5.43 Å². The summed E-state index contributed by atoms with van der Waals surface area (Å²) in [5, 5.41) is 0.728. The van der Waals surface area contributed by atoms with Crippen molar-refractivity contribution in [2.45, 2.75) is 6.92 Å². The van der Waals surface area contributed by atoms with Gasteiger partial charge in [-0.3, -0.25) is 4.79 Å². The van der Waals surface area contributed by atoms with E-state index in [4.69, 9.17) is 0 Å². The van der Waals surface area contributed by atoms with E-state index in [2.05, 4.69) is 20.9 Å². The first-order chi connectivity index (χ1) is 9.16. The number of H-pyrrole nitrogens is 1. The van der Waals surface area contributed by atoms with Crippen LogP contribution in [-0.2, 0) is 0 Å². The van der Waals surface area contributed by atoms with E-state index >= 15 is 0 Å². The summed E-state index contributed by atoms with van der Waals surface area (Å²) >= 11 is 3.41. The van der Waals surface area contributed by atoms with Crippen molar-refractivity contribution >= 4 is 26.8 Å². The second-order valence-corrected chi connectivity index (χ2v) is 5.42. The molecule has 1 N–H and O–H groups in total. The van der Waals surface area contributed by atoms with Crippen molar-refractivity contribution in [3.63, 3.8) is 0 Å². The number of benzene rings is 2. The molecule has 1 aromatic heterocycles. The molecule has 19 heavy (non-hydrogen) atoms. The smallest absolute Gasteiger partial charge is 0.197 e. The third-order valence-corrected chi connectivity index (χ3v) is 3.76. The molecule has 1 heterocycles. The number of rotatable bonds is 1. The fourth-order valence-electron chi connectivity index (χ4n) is 2.32. The number of nitrogens with one attached hydrogen (secondary N) is 1. The normalized spacial score (nSPS) is 10.8. The summed E-state index contributed by atoms with van der Waals surface area (Å²) in [6.07, 6.45) is 0. The molecular formula is C16H12BrNO. The average Bonchev–Trinajstić information content (AvgIpc) is 2.41. The molecule has 0 atom stereocenters. The van der Waals surface area contributed by atoms with Crippen molar-refractivity contribution in [2.75, 3.05) is 0 Å². The van der Waals surface area contributed by atoms with Crippen molar-refractivity contribution in [1.82, 2.24) is 4.98 Å². The van der Waals surface area contributed by atoms with Crippen LogP contribution in [0.1, 0.15) is 5.69 Å². The lowest BCUT2D eigenvalue weighted by Crippen LogP contribution is -2.09. The molecule has 0 saturated carbocycles. The molecule has 2 aromatic carbocycles. The molecule has 2 nitrogen and oxygen atoms in total. The Morgan fingerprint density at radius 2 is 1.68 bits per heavy atom. The van der Waals surface area contributed by atoms with E-state index < -0.39 is 0 Å². The van der Waals surface area contributed by atoms with Gasteiger partial charge in [-0.25, -0.2) is 0 Å². The number of fused-ring (bicyclic) bond motifs is 1. The number of halogens is 1. The van der Waals surface area contributed by atoms with Crippen LogP contribution in [0.25, 0.3) is 22.0 Å². The Bertz CT molecular complexity index is 803. The maximum absolute atomic E-state index is 12.6. The first-order valence-electron chi connectivity index (χ1n) is 6.04.